The summed E-state index contributed by atoms with van der Waals surface area (Å²) in [4.78, 5) is 15.0. The number of aromatic nitrogens is 3. The van der Waals surface area contributed by atoms with Crippen molar-refractivity contribution in [1.29, 1.82) is 5.26 Å². The van der Waals surface area contributed by atoms with Crippen LogP contribution in [0.2, 0.25) is 0 Å². The minimum Gasteiger partial charge on any atom is -0.208 e. The van der Waals surface area contributed by atoms with Gasteiger partial charge in [0.25, 0.3) is 0 Å². The Morgan fingerprint density at radius 3 is 1.51 bits per heavy atom. The highest BCUT2D eigenvalue weighted by Gasteiger charge is 2.46. The van der Waals surface area contributed by atoms with Crippen molar-refractivity contribution in [3.63, 3.8) is 0 Å². The zero-order valence-corrected chi connectivity index (χ0v) is 33.1. The van der Waals surface area contributed by atoms with Crippen molar-refractivity contribution in [1.82, 2.24) is 15.0 Å². The fourth-order valence-corrected chi connectivity index (χ4v) is 9.17. The molecule has 0 bridgehead atoms. The van der Waals surface area contributed by atoms with Crippen LogP contribution >= 0.6 is 0 Å². The molecular formula is C57H36N4. The quantitative estimate of drug-likeness (QED) is 0.162. The Balaban J connectivity index is 1.01. The van der Waals surface area contributed by atoms with Gasteiger partial charge in [0.1, 0.15) is 0 Å². The first-order valence-corrected chi connectivity index (χ1v) is 20.5. The zero-order chi connectivity index (χ0) is 40.8. The number of hydrogen-bond acceptors (Lipinski definition) is 4. The predicted octanol–water partition coefficient (Wildman–Crippen LogP) is 13.6. The molecule has 4 heteroatoms. The lowest BCUT2D eigenvalue weighted by atomic mass is 9.67. The van der Waals surface area contributed by atoms with E-state index in [0.717, 1.165) is 38.9 Å². The Labute approximate surface area is 354 Å². The number of hydrogen-bond donors (Lipinski definition) is 0. The molecule has 0 fully saturated rings. The highest BCUT2D eigenvalue weighted by molar-refractivity contribution is 6.04. The number of benzene rings is 9. The van der Waals surface area contributed by atoms with E-state index >= 15 is 0 Å². The average Bonchev–Trinajstić information content (AvgIpc) is 3.66. The van der Waals surface area contributed by atoms with E-state index in [1.807, 2.05) is 30.3 Å². The molecule has 61 heavy (non-hydrogen) atoms. The lowest BCUT2D eigenvalue weighted by Gasteiger charge is -2.34. The summed E-state index contributed by atoms with van der Waals surface area (Å²) in [7, 11) is 0. The van der Waals surface area contributed by atoms with Crippen molar-refractivity contribution >= 4 is 10.8 Å². The molecule has 0 N–H and O–H groups in total. The fourth-order valence-electron chi connectivity index (χ4n) is 9.17. The third-order valence-electron chi connectivity index (χ3n) is 12.1. The Morgan fingerprint density at radius 1 is 0.361 bits per heavy atom. The predicted molar refractivity (Wildman–Crippen MR) is 247 cm³/mol. The summed E-state index contributed by atoms with van der Waals surface area (Å²) in [5.41, 5.74) is 14.8. The van der Waals surface area contributed by atoms with Crippen LogP contribution in [0.25, 0.3) is 78.3 Å². The minimum absolute atomic E-state index is 0.518. The molecule has 1 aliphatic rings. The molecule has 4 nitrogen and oxygen atoms in total. The second-order valence-electron chi connectivity index (χ2n) is 15.5. The van der Waals surface area contributed by atoms with Gasteiger partial charge in [0, 0.05) is 16.7 Å². The van der Waals surface area contributed by atoms with Crippen LogP contribution in [0.1, 0.15) is 27.8 Å². The molecule has 0 radical (unpaired) electrons. The van der Waals surface area contributed by atoms with E-state index in [2.05, 4.69) is 182 Å². The van der Waals surface area contributed by atoms with Gasteiger partial charge in [-0.15, -0.1) is 0 Å². The molecule has 1 aromatic heterocycles. The van der Waals surface area contributed by atoms with Gasteiger partial charge in [-0.2, -0.15) is 5.26 Å². The summed E-state index contributed by atoms with van der Waals surface area (Å²) in [6.07, 6.45) is 0. The number of nitriles is 1. The van der Waals surface area contributed by atoms with Crippen LogP contribution in [-0.2, 0) is 5.41 Å². The van der Waals surface area contributed by atoms with E-state index < -0.39 is 5.41 Å². The summed E-state index contributed by atoms with van der Waals surface area (Å²) in [5, 5.41) is 12.0. The van der Waals surface area contributed by atoms with Crippen molar-refractivity contribution in [2.24, 2.45) is 0 Å². The maximum Gasteiger partial charge on any atom is 0.164 e. The monoisotopic (exact) mass is 776 g/mol. The Hall–Kier alpha value is -8.26. The SMILES string of the molecule is N#Cc1ccc(-c2nc(-c3ccc(-c4ccccc4)cc3)nc(-c3ccc(-c4cccc(C5(c6ccccc6)c6ccccc6-c6c5ccc5ccccc65)c4)cc3)n2)cc1. The maximum atomic E-state index is 9.45. The van der Waals surface area contributed by atoms with Crippen LogP contribution < -0.4 is 0 Å². The highest BCUT2D eigenvalue weighted by atomic mass is 15.0. The van der Waals surface area contributed by atoms with Crippen molar-refractivity contribution in [3.05, 3.63) is 246 Å². The summed E-state index contributed by atoms with van der Waals surface area (Å²) in [6, 6.07) is 79.0. The lowest BCUT2D eigenvalue weighted by molar-refractivity contribution is 0.769. The average molecular weight is 777 g/mol. The van der Waals surface area contributed by atoms with Crippen molar-refractivity contribution < 1.29 is 0 Å². The molecule has 11 rings (SSSR count). The lowest BCUT2D eigenvalue weighted by Crippen LogP contribution is -2.28. The third-order valence-corrected chi connectivity index (χ3v) is 12.1. The van der Waals surface area contributed by atoms with Gasteiger partial charge in [0.05, 0.1) is 17.0 Å². The largest absolute Gasteiger partial charge is 0.208 e. The topological polar surface area (TPSA) is 62.5 Å². The first-order chi connectivity index (χ1) is 30.2. The Kier molecular flexibility index (Phi) is 8.73. The van der Waals surface area contributed by atoms with Gasteiger partial charge in [-0.3, -0.25) is 0 Å². The Morgan fingerprint density at radius 2 is 0.852 bits per heavy atom. The van der Waals surface area contributed by atoms with Crippen LogP contribution in [0.5, 0.6) is 0 Å². The van der Waals surface area contributed by atoms with Crippen LogP contribution in [0, 0.1) is 11.3 Å². The molecular weight excluding hydrogens is 741 g/mol. The highest BCUT2D eigenvalue weighted by Crippen LogP contribution is 2.58. The second-order valence-corrected chi connectivity index (χ2v) is 15.5. The summed E-state index contributed by atoms with van der Waals surface area (Å²) in [6.45, 7) is 0. The first-order valence-electron chi connectivity index (χ1n) is 20.5. The molecule has 9 aromatic carbocycles. The Bertz CT molecular complexity index is 3280. The van der Waals surface area contributed by atoms with Crippen molar-refractivity contribution in [3.8, 4) is 73.6 Å². The van der Waals surface area contributed by atoms with Crippen molar-refractivity contribution in [2.45, 2.75) is 5.41 Å². The third kappa shape index (κ3) is 6.11. The molecule has 1 unspecified atom stereocenters. The van der Waals surface area contributed by atoms with Crippen LogP contribution in [0.4, 0.5) is 0 Å². The maximum absolute atomic E-state index is 9.45. The van der Waals surface area contributed by atoms with Crippen LogP contribution in [0.3, 0.4) is 0 Å². The number of fused-ring (bicyclic) bond motifs is 5. The molecule has 0 saturated carbocycles. The molecule has 1 atom stereocenters. The van der Waals surface area contributed by atoms with E-state index in [4.69, 9.17) is 15.0 Å². The van der Waals surface area contributed by atoms with Gasteiger partial charge in [0.15, 0.2) is 17.5 Å². The van der Waals surface area contributed by atoms with Gasteiger partial charge in [-0.1, -0.05) is 188 Å². The summed E-state index contributed by atoms with van der Waals surface area (Å²) < 4.78 is 0. The van der Waals surface area contributed by atoms with E-state index in [9.17, 15) is 5.26 Å². The van der Waals surface area contributed by atoms with Gasteiger partial charge in [0.2, 0.25) is 0 Å². The van der Waals surface area contributed by atoms with Gasteiger partial charge < -0.3 is 0 Å². The first kappa shape index (κ1) is 35.9. The van der Waals surface area contributed by atoms with Crippen LogP contribution in [0.15, 0.2) is 218 Å². The van der Waals surface area contributed by atoms with Crippen LogP contribution in [-0.4, -0.2) is 15.0 Å². The van der Waals surface area contributed by atoms with Gasteiger partial charge in [-0.05, 0) is 96.7 Å². The summed E-state index contributed by atoms with van der Waals surface area (Å²) >= 11 is 0. The van der Waals surface area contributed by atoms with E-state index in [0.29, 0.717) is 23.0 Å². The molecule has 1 aliphatic carbocycles. The van der Waals surface area contributed by atoms with Crippen molar-refractivity contribution in [2.75, 3.05) is 0 Å². The molecule has 10 aromatic rings. The molecule has 0 amide bonds. The smallest absolute Gasteiger partial charge is 0.164 e. The minimum atomic E-state index is -0.518. The standard InChI is InChI=1S/C57H36N4/c58-37-38-22-24-43(25-23-38)54-59-55(44-30-26-40(27-31-44)39-12-3-1-4-13-39)61-56(60-54)45-32-28-41(29-33-45)46-15-11-18-48(36-46)57(47-16-5-2-6-17-47)51-21-10-9-20-50(51)53-49-19-8-7-14-42(49)34-35-52(53)57/h1-36H. The molecule has 0 aliphatic heterocycles. The molecule has 1 heterocycles. The number of rotatable bonds is 7. The number of nitrogens with zero attached hydrogens (tertiary/aromatic N) is 4. The molecule has 284 valence electrons. The summed E-state index contributed by atoms with van der Waals surface area (Å²) in [5.74, 6) is 1.70. The normalized spacial score (nSPS) is 14.0. The van der Waals surface area contributed by atoms with E-state index in [1.165, 1.54) is 44.2 Å². The molecule has 0 saturated heterocycles. The molecule has 0 spiro atoms. The zero-order valence-electron chi connectivity index (χ0n) is 33.1. The van der Waals surface area contributed by atoms with Gasteiger partial charge >= 0.3 is 0 Å². The fraction of sp³-hybridized carbons (Fsp3) is 0.0175. The van der Waals surface area contributed by atoms with E-state index in [-0.39, 0.29) is 0 Å². The second kappa shape index (κ2) is 14.8. The van der Waals surface area contributed by atoms with E-state index in [1.54, 1.807) is 12.1 Å². The van der Waals surface area contributed by atoms with Gasteiger partial charge in [-0.25, -0.2) is 15.0 Å².